The molecule has 0 saturated heterocycles. The molecule has 1 amide bonds. The molecule has 0 spiro atoms. The summed E-state index contributed by atoms with van der Waals surface area (Å²) in [5, 5.41) is 2.80. The standard InChI is InChI=1S/C16H17F2NO2/c17-11-4-5-12(13(18)9-11)16(6-7-16)10-19-15(20)14-3-1-2-8-21-14/h3-5,9H,1-2,6-8,10H2,(H,19,20). The van der Waals surface area contributed by atoms with Crippen LogP contribution in [-0.2, 0) is 14.9 Å². The quantitative estimate of drug-likeness (QED) is 0.927. The van der Waals surface area contributed by atoms with Crippen LogP contribution >= 0.6 is 0 Å². The Morgan fingerprint density at radius 2 is 2.14 bits per heavy atom. The molecule has 1 aliphatic carbocycles. The summed E-state index contributed by atoms with van der Waals surface area (Å²) in [7, 11) is 0. The van der Waals surface area contributed by atoms with Gasteiger partial charge in [-0.05, 0) is 43.4 Å². The topological polar surface area (TPSA) is 38.3 Å². The van der Waals surface area contributed by atoms with E-state index in [1.807, 2.05) is 0 Å². The number of nitrogens with one attached hydrogen (secondary N) is 1. The first-order chi connectivity index (χ1) is 10.1. The van der Waals surface area contributed by atoms with Gasteiger partial charge in [-0.3, -0.25) is 4.79 Å². The van der Waals surface area contributed by atoms with Crippen LogP contribution < -0.4 is 5.32 Å². The fraction of sp³-hybridized carbons (Fsp3) is 0.438. The molecule has 1 aromatic rings. The van der Waals surface area contributed by atoms with E-state index in [1.165, 1.54) is 12.1 Å². The number of hydrogen-bond donors (Lipinski definition) is 1. The van der Waals surface area contributed by atoms with Gasteiger partial charge in [0.25, 0.3) is 5.91 Å². The highest BCUT2D eigenvalue weighted by molar-refractivity contribution is 5.91. The normalized spacial score (nSPS) is 19.4. The lowest BCUT2D eigenvalue weighted by molar-refractivity contribution is -0.121. The molecule has 0 unspecified atom stereocenters. The molecule has 1 aromatic carbocycles. The molecule has 0 atom stereocenters. The summed E-state index contributed by atoms with van der Waals surface area (Å²) in [6, 6.07) is 3.62. The number of ether oxygens (including phenoxy) is 1. The number of amides is 1. The highest BCUT2D eigenvalue weighted by atomic mass is 19.1. The molecule has 1 heterocycles. The van der Waals surface area contributed by atoms with E-state index in [4.69, 9.17) is 4.74 Å². The minimum atomic E-state index is -0.586. The third kappa shape index (κ3) is 2.91. The van der Waals surface area contributed by atoms with Crippen LogP contribution in [0.3, 0.4) is 0 Å². The highest BCUT2D eigenvalue weighted by Crippen LogP contribution is 2.48. The van der Waals surface area contributed by atoms with E-state index >= 15 is 0 Å². The average molecular weight is 293 g/mol. The Morgan fingerprint density at radius 1 is 1.33 bits per heavy atom. The Hall–Kier alpha value is -1.91. The molecule has 2 aliphatic rings. The number of carbonyl (C=O) groups is 1. The Bertz CT molecular complexity index is 594. The number of hydrogen-bond acceptors (Lipinski definition) is 2. The van der Waals surface area contributed by atoms with Crippen molar-refractivity contribution in [1.82, 2.24) is 5.32 Å². The van der Waals surface area contributed by atoms with Crippen LogP contribution in [0, 0.1) is 11.6 Å². The molecular formula is C16H17F2NO2. The summed E-state index contributed by atoms with van der Waals surface area (Å²) in [4.78, 5) is 12.0. The van der Waals surface area contributed by atoms with Gasteiger partial charge in [0.05, 0.1) is 6.61 Å². The zero-order valence-electron chi connectivity index (χ0n) is 11.6. The fourth-order valence-corrected chi connectivity index (χ4v) is 2.66. The lowest BCUT2D eigenvalue weighted by Crippen LogP contribution is -2.34. The third-order valence-electron chi connectivity index (χ3n) is 4.10. The van der Waals surface area contributed by atoms with Gasteiger partial charge in [0.15, 0.2) is 5.76 Å². The second kappa shape index (κ2) is 5.47. The smallest absolute Gasteiger partial charge is 0.286 e. The summed E-state index contributed by atoms with van der Waals surface area (Å²) >= 11 is 0. The average Bonchev–Trinajstić information content (AvgIpc) is 3.26. The first-order valence-corrected chi connectivity index (χ1v) is 7.17. The van der Waals surface area contributed by atoms with E-state index in [1.54, 1.807) is 6.08 Å². The second-order valence-corrected chi connectivity index (χ2v) is 5.65. The van der Waals surface area contributed by atoms with Crippen molar-refractivity contribution in [3.05, 3.63) is 47.2 Å². The van der Waals surface area contributed by atoms with Gasteiger partial charge < -0.3 is 10.1 Å². The maximum Gasteiger partial charge on any atom is 0.286 e. The Balaban J connectivity index is 1.67. The fourth-order valence-electron chi connectivity index (χ4n) is 2.66. The largest absolute Gasteiger partial charge is 0.488 e. The van der Waals surface area contributed by atoms with Crippen molar-refractivity contribution < 1.29 is 18.3 Å². The summed E-state index contributed by atoms with van der Waals surface area (Å²) in [5.41, 5.74) is 0.0746. The van der Waals surface area contributed by atoms with Crippen LogP contribution in [0.4, 0.5) is 8.78 Å². The molecule has 1 aliphatic heterocycles. The van der Waals surface area contributed by atoms with Gasteiger partial charge in [-0.2, -0.15) is 0 Å². The van der Waals surface area contributed by atoms with E-state index in [-0.39, 0.29) is 5.91 Å². The zero-order chi connectivity index (χ0) is 14.9. The third-order valence-corrected chi connectivity index (χ3v) is 4.10. The van der Waals surface area contributed by atoms with E-state index in [0.717, 1.165) is 31.7 Å². The Morgan fingerprint density at radius 3 is 2.76 bits per heavy atom. The van der Waals surface area contributed by atoms with Gasteiger partial charge in [0.1, 0.15) is 11.6 Å². The maximum absolute atomic E-state index is 13.9. The molecule has 0 bridgehead atoms. The van der Waals surface area contributed by atoms with Crippen molar-refractivity contribution in [2.75, 3.05) is 13.2 Å². The number of benzene rings is 1. The maximum atomic E-state index is 13.9. The van der Waals surface area contributed by atoms with Gasteiger partial charge in [0, 0.05) is 18.0 Å². The zero-order valence-corrected chi connectivity index (χ0v) is 11.6. The van der Waals surface area contributed by atoms with Crippen LogP contribution in [0.1, 0.15) is 31.2 Å². The minimum Gasteiger partial charge on any atom is -0.488 e. The van der Waals surface area contributed by atoms with Crippen molar-refractivity contribution in [3.8, 4) is 0 Å². The van der Waals surface area contributed by atoms with E-state index < -0.39 is 17.0 Å². The minimum absolute atomic E-state index is 0.261. The van der Waals surface area contributed by atoms with Gasteiger partial charge in [-0.15, -0.1) is 0 Å². The van der Waals surface area contributed by atoms with Crippen LogP contribution in [0.2, 0.25) is 0 Å². The predicted octanol–water partition coefficient (Wildman–Crippen LogP) is 2.81. The molecule has 112 valence electrons. The van der Waals surface area contributed by atoms with Crippen molar-refractivity contribution in [2.45, 2.75) is 31.1 Å². The highest BCUT2D eigenvalue weighted by Gasteiger charge is 2.46. The second-order valence-electron chi connectivity index (χ2n) is 5.65. The summed E-state index contributed by atoms with van der Waals surface area (Å²) < 4.78 is 32.2. The van der Waals surface area contributed by atoms with E-state index in [9.17, 15) is 13.6 Å². The number of rotatable bonds is 4. The van der Waals surface area contributed by atoms with Crippen molar-refractivity contribution in [2.24, 2.45) is 0 Å². The monoisotopic (exact) mass is 293 g/mol. The van der Waals surface area contributed by atoms with Gasteiger partial charge in [-0.1, -0.05) is 6.07 Å². The molecule has 21 heavy (non-hydrogen) atoms. The van der Waals surface area contributed by atoms with Crippen LogP contribution in [0.15, 0.2) is 30.0 Å². The van der Waals surface area contributed by atoms with Crippen molar-refractivity contribution in [1.29, 1.82) is 0 Å². The van der Waals surface area contributed by atoms with Crippen molar-refractivity contribution >= 4 is 5.91 Å². The molecule has 3 nitrogen and oxygen atoms in total. The van der Waals surface area contributed by atoms with Crippen LogP contribution in [0.5, 0.6) is 0 Å². The van der Waals surface area contributed by atoms with Gasteiger partial charge >= 0.3 is 0 Å². The molecule has 0 radical (unpaired) electrons. The van der Waals surface area contributed by atoms with Gasteiger partial charge in [0.2, 0.25) is 0 Å². The predicted molar refractivity (Wildman–Crippen MR) is 73.5 cm³/mol. The first kappa shape index (κ1) is 14.0. The number of carbonyl (C=O) groups excluding carboxylic acids is 1. The first-order valence-electron chi connectivity index (χ1n) is 7.17. The molecule has 1 saturated carbocycles. The summed E-state index contributed by atoms with van der Waals surface area (Å²) in [6.45, 7) is 0.895. The molecule has 3 rings (SSSR count). The van der Waals surface area contributed by atoms with E-state index in [0.29, 0.717) is 24.5 Å². The molecule has 5 heteroatoms. The molecule has 1 N–H and O–H groups in total. The lowest BCUT2D eigenvalue weighted by atomic mass is 9.95. The summed E-state index contributed by atoms with van der Waals surface area (Å²) in [5.74, 6) is -1.05. The van der Waals surface area contributed by atoms with Gasteiger partial charge in [-0.25, -0.2) is 8.78 Å². The van der Waals surface area contributed by atoms with Crippen LogP contribution in [-0.4, -0.2) is 19.1 Å². The molecule has 0 aromatic heterocycles. The van der Waals surface area contributed by atoms with E-state index in [2.05, 4.69) is 5.32 Å². The Kier molecular flexibility index (Phi) is 3.66. The van der Waals surface area contributed by atoms with Crippen molar-refractivity contribution in [3.63, 3.8) is 0 Å². The van der Waals surface area contributed by atoms with Crippen LogP contribution in [0.25, 0.3) is 0 Å². The molecular weight excluding hydrogens is 276 g/mol. The summed E-state index contributed by atoms with van der Waals surface area (Å²) in [6.07, 6.45) is 5.10. The number of halogens is 2. The number of allylic oxidation sites excluding steroid dienone is 1. The lowest BCUT2D eigenvalue weighted by Gasteiger charge is -2.19. The Labute approximate surface area is 122 Å². The SMILES string of the molecule is O=C(NCC1(c2ccc(F)cc2F)CC1)C1=CCCCO1. The molecule has 1 fully saturated rings.